The molecule has 2 fully saturated rings. The van der Waals surface area contributed by atoms with Crippen molar-refractivity contribution < 1.29 is 4.74 Å². The Morgan fingerprint density at radius 1 is 1.26 bits per heavy atom. The molecule has 0 bridgehead atoms. The van der Waals surface area contributed by atoms with E-state index in [0.29, 0.717) is 6.04 Å². The van der Waals surface area contributed by atoms with Crippen LogP contribution in [-0.2, 0) is 4.74 Å². The molecule has 0 saturated carbocycles. The van der Waals surface area contributed by atoms with Gasteiger partial charge in [-0.1, -0.05) is 13.8 Å². The van der Waals surface area contributed by atoms with Gasteiger partial charge in [-0.15, -0.1) is 0 Å². The average Bonchev–Trinajstić information content (AvgIpc) is 2.86. The van der Waals surface area contributed by atoms with E-state index in [1.807, 2.05) is 0 Å². The van der Waals surface area contributed by atoms with Crippen LogP contribution in [0.2, 0.25) is 0 Å². The molecule has 2 heterocycles. The number of rotatable bonds is 6. The first-order valence-electron chi connectivity index (χ1n) is 8.33. The first-order chi connectivity index (χ1) is 9.29. The van der Waals surface area contributed by atoms with Crippen LogP contribution in [0.25, 0.3) is 0 Å². The van der Waals surface area contributed by atoms with Crippen molar-refractivity contribution in [1.82, 2.24) is 10.2 Å². The molecule has 0 amide bonds. The van der Waals surface area contributed by atoms with Gasteiger partial charge in [0.15, 0.2) is 0 Å². The number of hydrogen-bond acceptors (Lipinski definition) is 3. The molecule has 19 heavy (non-hydrogen) atoms. The normalized spacial score (nSPS) is 31.3. The molecule has 0 aliphatic carbocycles. The molecule has 0 radical (unpaired) electrons. The van der Waals surface area contributed by atoms with Crippen LogP contribution in [0, 0.1) is 11.8 Å². The molecular weight excluding hydrogens is 236 g/mol. The zero-order valence-electron chi connectivity index (χ0n) is 12.9. The molecular formula is C16H32N2O. The summed E-state index contributed by atoms with van der Waals surface area (Å²) in [6.07, 6.45) is 6.63. The summed E-state index contributed by atoms with van der Waals surface area (Å²) in [7, 11) is 0. The number of ether oxygens (including phenoxy) is 1. The minimum atomic E-state index is 0.635. The molecule has 3 nitrogen and oxygen atoms in total. The SMILES string of the molecule is CCCNC(CN1CCCC(C)CC1)C1CCOC1. The van der Waals surface area contributed by atoms with E-state index >= 15 is 0 Å². The highest BCUT2D eigenvalue weighted by atomic mass is 16.5. The van der Waals surface area contributed by atoms with Crippen molar-refractivity contribution in [1.29, 1.82) is 0 Å². The van der Waals surface area contributed by atoms with Crippen LogP contribution in [0.15, 0.2) is 0 Å². The van der Waals surface area contributed by atoms with E-state index in [1.165, 1.54) is 51.7 Å². The van der Waals surface area contributed by atoms with Gasteiger partial charge in [0.1, 0.15) is 0 Å². The Bertz CT molecular complexity index is 241. The van der Waals surface area contributed by atoms with Gasteiger partial charge in [0.25, 0.3) is 0 Å². The van der Waals surface area contributed by atoms with E-state index in [2.05, 4.69) is 24.1 Å². The molecule has 2 aliphatic heterocycles. The van der Waals surface area contributed by atoms with Crippen LogP contribution >= 0.6 is 0 Å². The fourth-order valence-corrected chi connectivity index (χ4v) is 3.36. The van der Waals surface area contributed by atoms with Gasteiger partial charge in [-0.2, -0.15) is 0 Å². The maximum Gasteiger partial charge on any atom is 0.0510 e. The monoisotopic (exact) mass is 268 g/mol. The predicted molar refractivity (Wildman–Crippen MR) is 80.5 cm³/mol. The summed E-state index contributed by atoms with van der Waals surface area (Å²) in [5.74, 6) is 1.65. The highest BCUT2D eigenvalue weighted by Gasteiger charge is 2.27. The molecule has 2 saturated heterocycles. The van der Waals surface area contributed by atoms with Gasteiger partial charge in [0.05, 0.1) is 6.61 Å². The summed E-state index contributed by atoms with van der Waals surface area (Å²) in [4.78, 5) is 2.69. The third-order valence-corrected chi connectivity index (χ3v) is 4.75. The fourth-order valence-electron chi connectivity index (χ4n) is 3.36. The van der Waals surface area contributed by atoms with Crippen molar-refractivity contribution >= 4 is 0 Å². The maximum atomic E-state index is 5.59. The first-order valence-corrected chi connectivity index (χ1v) is 8.33. The second-order valence-corrected chi connectivity index (χ2v) is 6.52. The largest absolute Gasteiger partial charge is 0.381 e. The van der Waals surface area contributed by atoms with Gasteiger partial charge >= 0.3 is 0 Å². The van der Waals surface area contributed by atoms with E-state index in [9.17, 15) is 0 Å². The zero-order valence-corrected chi connectivity index (χ0v) is 12.9. The Hall–Kier alpha value is -0.120. The topological polar surface area (TPSA) is 24.5 Å². The Morgan fingerprint density at radius 3 is 2.89 bits per heavy atom. The Morgan fingerprint density at radius 2 is 2.16 bits per heavy atom. The highest BCUT2D eigenvalue weighted by Crippen LogP contribution is 2.21. The molecule has 0 aromatic carbocycles. The van der Waals surface area contributed by atoms with Crippen LogP contribution in [0.4, 0.5) is 0 Å². The molecule has 0 spiro atoms. The summed E-state index contributed by atoms with van der Waals surface area (Å²) < 4.78 is 5.59. The van der Waals surface area contributed by atoms with E-state index < -0.39 is 0 Å². The minimum Gasteiger partial charge on any atom is -0.381 e. The standard InChI is InChI=1S/C16H32N2O/c1-3-8-17-16(15-7-11-19-13-15)12-18-9-4-5-14(2)6-10-18/h14-17H,3-13H2,1-2H3. The van der Waals surface area contributed by atoms with Crippen molar-refractivity contribution in [2.75, 3.05) is 39.4 Å². The Kier molecular flexibility index (Phi) is 6.62. The second-order valence-electron chi connectivity index (χ2n) is 6.52. The number of nitrogens with zero attached hydrogens (tertiary/aromatic N) is 1. The minimum absolute atomic E-state index is 0.635. The summed E-state index contributed by atoms with van der Waals surface area (Å²) in [5, 5.41) is 3.77. The van der Waals surface area contributed by atoms with Gasteiger partial charge in [-0.3, -0.25) is 0 Å². The quantitative estimate of drug-likeness (QED) is 0.801. The summed E-state index contributed by atoms with van der Waals surface area (Å²) in [5.41, 5.74) is 0. The van der Waals surface area contributed by atoms with Gasteiger partial charge < -0.3 is 15.0 Å². The van der Waals surface area contributed by atoms with Crippen LogP contribution in [-0.4, -0.2) is 50.3 Å². The molecule has 0 aromatic rings. The van der Waals surface area contributed by atoms with Gasteiger partial charge in [-0.25, -0.2) is 0 Å². The lowest BCUT2D eigenvalue weighted by Gasteiger charge is -2.30. The third kappa shape index (κ3) is 5.05. The predicted octanol–water partition coefficient (Wildman–Crippen LogP) is 2.51. The van der Waals surface area contributed by atoms with Crippen LogP contribution in [0.3, 0.4) is 0 Å². The van der Waals surface area contributed by atoms with E-state index in [4.69, 9.17) is 4.74 Å². The van der Waals surface area contributed by atoms with Crippen molar-refractivity contribution in [3.05, 3.63) is 0 Å². The number of likely N-dealkylation sites (tertiary alicyclic amines) is 1. The first kappa shape index (κ1) is 15.3. The molecule has 3 unspecified atom stereocenters. The molecule has 2 aliphatic rings. The smallest absolute Gasteiger partial charge is 0.0510 e. The molecule has 112 valence electrons. The number of hydrogen-bond donors (Lipinski definition) is 1. The molecule has 0 aromatic heterocycles. The molecule has 2 rings (SSSR count). The Balaban J connectivity index is 1.83. The molecule has 3 heteroatoms. The lowest BCUT2D eigenvalue weighted by atomic mass is 9.98. The highest BCUT2D eigenvalue weighted by molar-refractivity contribution is 4.83. The van der Waals surface area contributed by atoms with Crippen molar-refractivity contribution in [2.24, 2.45) is 11.8 Å². The van der Waals surface area contributed by atoms with Crippen LogP contribution < -0.4 is 5.32 Å². The zero-order chi connectivity index (χ0) is 13.5. The maximum absolute atomic E-state index is 5.59. The van der Waals surface area contributed by atoms with Crippen LogP contribution in [0.1, 0.15) is 46.0 Å². The molecule has 3 atom stereocenters. The summed E-state index contributed by atoms with van der Waals surface area (Å²) in [6.45, 7) is 11.5. The average molecular weight is 268 g/mol. The molecule has 1 N–H and O–H groups in total. The van der Waals surface area contributed by atoms with E-state index in [0.717, 1.165) is 31.6 Å². The van der Waals surface area contributed by atoms with Crippen molar-refractivity contribution in [3.63, 3.8) is 0 Å². The number of nitrogens with one attached hydrogen (secondary N) is 1. The van der Waals surface area contributed by atoms with Crippen molar-refractivity contribution in [3.8, 4) is 0 Å². The van der Waals surface area contributed by atoms with E-state index in [1.54, 1.807) is 0 Å². The lowest BCUT2D eigenvalue weighted by Crippen LogP contribution is -2.46. The third-order valence-electron chi connectivity index (χ3n) is 4.75. The Labute approximate surface area is 119 Å². The van der Waals surface area contributed by atoms with Gasteiger partial charge in [0.2, 0.25) is 0 Å². The lowest BCUT2D eigenvalue weighted by molar-refractivity contribution is 0.161. The van der Waals surface area contributed by atoms with Gasteiger partial charge in [-0.05, 0) is 57.7 Å². The van der Waals surface area contributed by atoms with E-state index in [-0.39, 0.29) is 0 Å². The fraction of sp³-hybridized carbons (Fsp3) is 1.00. The van der Waals surface area contributed by atoms with Crippen molar-refractivity contribution in [2.45, 2.75) is 52.0 Å². The summed E-state index contributed by atoms with van der Waals surface area (Å²) >= 11 is 0. The van der Waals surface area contributed by atoms with Gasteiger partial charge in [0, 0.05) is 25.1 Å². The second kappa shape index (κ2) is 8.23. The van der Waals surface area contributed by atoms with Crippen LogP contribution in [0.5, 0.6) is 0 Å². The summed E-state index contributed by atoms with van der Waals surface area (Å²) in [6, 6.07) is 0.635.